The third kappa shape index (κ3) is 26.3. The number of ketones is 3. The van der Waals surface area contributed by atoms with Crippen molar-refractivity contribution in [3.8, 4) is 0 Å². The van der Waals surface area contributed by atoms with Crippen LogP contribution in [0.2, 0.25) is 0 Å². The van der Waals surface area contributed by atoms with Crippen LogP contribution in [-0.4, -0.2) is 209 Å². The first-order valence-electron chi connectivity index (χ1n) is 5.98. The normalized spacial score (nSPS) is 17.4. The average molecular weight is 545 g/mol. The quantitative estimate of drug-likeness (QED) is 0.117. The van der Waals surface area contributed by atoms with Gasteiger partial charge in [0.25, 0.3) is 0 Å². The molecule has 0 unspecified atom stereocenters. The van der Waals surface area contributed by atoms with Crippen LogP contribution in [0.4, 0.5) is 0 Å². The predicted octanol–water partition coefficient (Wildman–Crippen LogP) is -2.03. The molecule has 0 saturated heterocycles. The average Bonchev–Trinajstić information content (AvgIpc) is 2.35. The summed E-state index contributed by atoms with van der Waals surface area (Å²) in [5.74, 6) is -4.82. The summed E-state index contributed by atoms with van der Waals surface area (Å²) < 4.78 is 0. The van der Waals surface area contributed by atoms with E-state index in [0.717, 1.165) is 0 Å². The van der Waals surface area contributed by atoms with Crippen molar-refractivity contribution in [3.05, 3.63) is 0 Å². The molecule has 0 aromatic heterocycles. The Balaban J connectivity index is -0.0000000165. The first-order chi connectivity index (χ1) is 10.4. The van der Waals surface area contributed by atoms with Crippen molar-refractivity contribution in [1.29, 1.82) is 0 Å². The van der Waals surface area contributed by atoms with E-state index in [0.29, 0.717) is 0 Å². The predicted molar refractivity (Wildman–Crippen MR) is 108 cm³/mol. The van der Waals surface area contributed by atoms with Gasteiger partial charge in [0.15, 0.2) is 17.3 Å². The molecule has 0 aromatic rings. The molecule has 0 spiro atoms. The van der Waals surface area contributed by atoms with Crippen LogP contribution in [0.1, 0.15) is 37.6 Å². The van der Waals surface area contributed by atoms with E-state index in [9.17, 15) is 19.2 Å². The Labute approximate surface area is 289 Å². The van der Waals surface area contributed by atoms with Crippen LogP contribution in [0.3, 0.4) is 0 Å². The summed E-state index contributed by atoms with van der Waals surface area (Å²) in [5, 5.41) is 8.67. The number of hydrogen-bond acceptors (Lipinski definition) is 10. The zero-order valence-corrected chi connectivity index (χ0v) is 25.4. The van der Waals surface area contributed by atoms with Crippen molar-refractivity contribution in [2.45, 2.75) is 26.2 Å². The summed E-state index contributed by atoms with van der Waals surface area (Å²) in [7, 11) is -5.24. The third-order valence-corrected chi connectivity index (χ3v) is 2.56. The molecule has 1 fully saturated rings. The number of carboxylic acid groups (broad SMARTS) is 1. The Kier molecular flexibility index (Phi) is 43.7. The van der Waals surface area contributed by atoms with Crippen LogP contribution in [0.25, 0.3) is 0 Å². The Morgan fingerprint density at radius 3 is 1.33 bits per heavy atom. The van der Waals surface area contributed by atoms with E-state index in [1.807, 2.05) is 0 Å². The standard InChI is InChI=1S/C10H12O5.4Ca.2H3O3P.8H/c1-2-6(11)9-7(12)3-5(10(14)15)4-8(9)13;;;;;2*1-4(2)3;;;;;;;;/h5,9H,2-4H2,1H3,(H,14,15);;;;;2*1-3H;;;;;;;;/q;4*+2;;;8*-1. The maximum Gasteiger partial charge on any atom is 2.00 e. The van der Waals surface area contributed by atoms with Gasteiger partial charge in [0.1, 0.15) is 5.92 Å². The van der Waals surface area contributed by atoms with Gasteiger partial charge in [-0.15, -0.1) is 0 Å². The zero-order valence-electron chi connectivity index (χ0n) is 22.8. The molecule has 1 rings (SSSR count). The Morgan fingerprint density at radius 1 is 0.889 bits per heavy atom. The maximum absolute atomic E-state index is 11.4. The number of carbonyl (C=O) groups is 4. The molecule has 11 nitrogen and oxygen atoms in total. The summed E-state index contributed by atoms with van der Waals surface area (Å²) in [6.07, 6.45) is -0.297. The minimum absolute atomic E-state index is 0. The van der Waals surface area contributed by atoms with Crippen molar-refractivity contribution in [3.63, 3.8) is 0 Å². The summed E-state index contributed by atoms with van der Waals surface area (Å²) >= 11 is 0. The Hall–Kier alpha value is 4.14. The second-order valence-corrected chi connectivity index (χ2v) is 5.24. The molecule has 0 heterocycles. The van der Waals surface area contributed by atoms with E-state index in [2.05, 4.69) is 0 Å². The molecule has 0 bridgehead atoms. The molecule has 1 aliphatic carbocycles. The maximum atomic E-state index is 11.4. The largest absolute Gasteiger partial charge is 2.00 e. The summed E-state index contributed by atoms with van der Waals surface area (Å²) in [5.41, 5.74) is 0. The second kappa shape index (κ2) is 26.4. The van der Waals surface area contributed by atoms with Gasteiger partial charge in [0.05, 0.1) is 5.92 Å². The molecule has 27 heavy (non-hydrogen) atoms. The van der Waals surface area contributed by atoms with Gasteiger partial charge >= 0.3 is 174 Å². The van der Waals surface area contributed by atoms with Gasteiger partial charge in [0, 0.05) is 19.3 Å². The number of hydrogen-bond donors (Lipinski definition) is 7. The summed E-state index contributed by atoms with van der Waals surface area (Å²) in [4.78, 5) is 88.1. The molecule has 0 atom stereocenters. The first kappa shape index (κ1) is 44.8. The Morgan fingerprint density at radius 2 is 1.15 bits per heavy atom. The SMILES string of the molecule is CCC(=O)C1C(=O)CC(C(=O)O)CC1=O.OP(O)O.OP(O)O.[Ca+2].[Ca+2].[Ca+2].[Ca+2].[H-].[H-].[H-].[H-].[H-].[H-].[H-].[H-]. The smallest absolute Gasteiger partial charge is 1.00 e. The fourth-order valence-corrected chi connectivity index (χ4v) is 1.71. The molecular formula is C10H26Ca4O11P2. The molecule has 17 heteroatoms. The minimum Gasteiger partial charge on any atom is -1.00 e. The monoisotopic (exact) mass is 544 g/mol. The second-order valence-electron chi connectivity index (χ2n) is 4.17. The molecule has 0 aromatic carbocycles. The van der Waals surface area contributed by atoms with Gasteiger partial charge in [-0.1, -0.05) is 6.92 Å². The van der Waals surface area contributed by atoms with Crippen LogP contribution in [0.5, 0.6) is 0 Å². The van der Waals surface area contributed by atoms with Crippen LogP contribution in [0, 0.1) is 11.8 Å². The van der Waals surface area contributed by atoms with Crippen LogP contribution >= 0.6 is 17.2 Å². The number of Topliss-reactive ketones (excluding diaryl/α,β-unsaturated/α-hetero) is 3. The van der Waals surface area contributed by atoms with E-state index in [4.69, 9.17) is 34.5 Å². The van der Waals surface area contributed by atoms with E-state index in [1.54, 1.807) is 6.92 Å². The van der Waals surface area contributed by atoms with Gasteiger partial charge in [-0.3, -0.25) is 19.2 Å². The zero-order chi connectivity index (χ0) is 18.7. The number of carbonyl (C=O) groups excluding carboxylic acids is 3. The van der Waals surface area contributed by atoms with Gasteiger partial charge < -0.3 is 45.9 Å². The topological polar surface area (TPSA) is 210 Å². The van der Waals surface area contributed by atoms with Gasteiger partial charge in [0.2, 0.25) is 0 Å². The third-order valence-electron chi connectivity index (χ3n) is 2.56. The van der Waals surface area contributed by atoms with Crippen molar-refractivity contribution >= 4 is 191 Å². The minimum atomic E-state index is -2.62. The van der Waals surface area contributed by atoms with Gasteiger partial charge in [-0.25, -0.2) is 0 Å². The van der Waals surface area contributed by atoms with E-state index in [-0.39, 0.29) is 182 Å². The molecular weight excluding hydrogens is 518 g/mol. The molecule has 0 radical (unpaired) electrons. The van der Waals surface area contributed by atoms with Crippen LogP contribution < -0.4 is 0 Å². The molecule has 7 N–H and O–H groups in total. The van der Waals surface area contributed by atoms with Crippen LogP contribution in [0.15, 0.2) is 0 Å². The molecule has 1 saturated carbocycles. The molecule has 1 aliphatic rings. The van der Waals surface area contributed by atoms with Gasteiger partial charge in [-0.05, 0) is 0 Å². The fraction of sp³-hybridized carbons (Fsp3) is 0.600. The van der Waals surface area contributed by atoms with E-state index < -0.39 is 52.4 Å². The summed E-state index contributed by atoms with van der Waals surface area (Å²) in [6.45, 7) is 1.58. The van der Waals surface area contributed by atoms with Crippen LogP contribution in [-0.2, 0) is 19.2 Å². The van der Waals surface area contributed by atoms with Crippen molar-refractivity contribution < 1.29 is 65.1 Å². The molecule has 0 amide bonds. The number of rotatable bonds is 3. The molecule has 0 aliphatic heterocycles. The fourth-order valence-electron chi connectivity index (χ4n) is 1.71. The first-order valence-corrected chi connectivity index (χ1v) is 8.38. The number of aliphatic carboxylic acids is 1. The van der Waals surface area contributed by atoms with E-state index in [1.165, 1.54) is 0 Å². The van der Waals surface area contributed by atoms with Crippen molar-refractivity contribution in [2.24, 2.45) is 11.8 Å². The Bertz CT molecular complexity index is 437. The summed E-state index contributed by atoms with van der Waals surface area (Å²) in [6, 6.07) is 0. The van der Waals surface area contributed by atoms with Crippen molar-refractivity contribution in [1.82, 2.24) is 0 Å². The molecule has 150 valence electrons. The van der Waals surface area contributed by atoms with Gasteiger partial charge in [-0.2, -0.15) is 0 Å². The number of carboxylic acids is 1. The van der Waals surface area contributed by atoms with Crippen molar-refractivity contribution in [2.75, 3.05) is 0 Å². The van der Waals surface area contributed by atoms with E-state index >= 15 is 0 Å².